The maximum atomic E-state index is 14.5. The highest BCUT2D eigenvalue weighted by atomic mass is 127. The molecule has 7 nitrogen and oxygen atoms in total. The van der Waals surface area contributed by atoms with Crippen LogP contribution in [-0.4, -0.2) is 60.4 Å². The molecule has 2 aliphatic rings. The molecule has 0 N–H and O–H groups in total. The van der Waals surface area contributed by atoms with Gasteiger partial charge in [-0.2, -0.15) is 0 Å². The summed E-state index contributed by atoms with van der Waals surface area (Å²) in [4.78, 5) is 47.5. The average molecular weight is 678 g/mol. The van der Waals surface area contributed by atoms with Crippen molar-refractivity contribution in [3.8, 4) is 0 Å². The van der Waals surface area contributed by atoms with Crippen LogP contribution in [0.25, 0.3) is 0 Å². The molecular weight excluding hydrogens is 652 g/mol. The number of benzene rings is 3. The normalized spacial score (nSPS) is 19.0. The number of rotatable bonds is 5. The van der Waals surface area contributed by atoms with Crippen LogP contribution in [-0.2, 0) is 14.3 Å². The minimum absolute atomic E-state index is 0.0365. The number of fused-ring (bicyclic) bond motifs is 1. The number of imide groups is 1. The van der Waals surface area contributed by atoms with E-state index in [-0.39, 0.29) is 18.1 Å². The molecule has 0 radical (unpaired) electrons. The van der Waals surface area contributed by atoms with E-state index in [2.05, 4.69) is 22.6 Å². The number of hydrogen-bond donors (Lipinski definition) is 0. The first-order valence-corrected chi connectivity index (χ1v) is 14.4. The number of carbonyl (C=O) groups is 3. The van der Waals surface area contributed by atoms with E-state index in [1.807, 2.05) is 24.0 Å². The van der Waals surface area contributed by atoms with Gasteiger partial charge in [-0.25, -0.2) is 4.90 Å². The van der Waals surface area contributed by atoms with E-state index in [1.54, 1.807) is 59.5 Å². The van der Waals surface area contributed by atoms with Crippen LogP contribution in [0.2, 0.25) is 10.0 Å². The van der Waals surface area contributed by atoms with Gasteiger partial charge in [-0.15, -0.1) is 0 Å². The van der Waals surface area contributed by atoms with Gasteiger partial charge in [0, 0.05) is 26.7 Å². The minimum Gasteiger partial charge on any atom is -0.379 e. The quantitative estimate of drug-likeness (QED) is 0.322. The number of anilines is 1. The average Bonchev–Trinajstić information content (AvgIpc) is 3.02. The summed E-state index contributed by atoms with van der Waals surface area (Å²) in [7, 11) is 0. The number of nitrogens with zero attached hydrogens (tertiary/aromatic N) is 3. The highest BCUT2D eigenvalue weighted by Crippen LogP contribution is 2.40. The third kappa shape index (κ3) is 5.85. The van der Waals surface area contributed by atoms with Gasteiger partial charge < -0.3 is 9.64 Å². The van der Waals surface area contributed by atoms with Crippen molar-refractivity contribution in [3.63, 3.8) is 0 Å². The van der Waals surface area contributed by atoms with E-state index in [0.29, 0.717) is 47.5 Å². The molecule has 3 amide bonds. The lowest BCUT2D eigenvalue weighted by Crippen LogP contribution is -2.50. The van der Waals surface area contributed by atoms with Gasteiger partial charge in [-0.3, -0.25) is 19.3 Å². The molecule has 202 valence electrons. The molecule has 2 atom stereocenters. The van der Waals surface area contributed by atoms with Crippen molar-refractivity contribution in [1.29, 1.82) is 0 Å². The summed E-state index contributed by atoms with van der Waals surface area (Å²) in [6.07, 6.45) is 0. The Balaban J connectivity index is 1.66. The Morgan fingerprint density at radius 3 is 2.23 bits per heavy atom. The van der Waals surface area contributed by atoms with Crippen LogP contribution in [0, 0.1) is 3.57 Å². The number of amides is 3. The minimum atomic E-state index is -1.07. The van der Waals surface area contributed by atoms with E-state index in [9.17, 15) is 14.4 Å². The Morgan fingerprint density at radius 2 is 1.59 bits per heavy atom. The molecule has 1 saturated heterocycles. The molecule has 0 spiro atoms. The Labute approximate surface area is 250 Å². The van der Waals surface area contributed by atoms with E-state index >= 15 is 0 Å². The van der Waals surface area contributed by atoms with E-state index in [0.717, 1.165) is 9.13 Å². The predicted octanol–water partition coefficient (Wildman–Crippen LogP) is 5.75. The van der Waals surface area contributed by atoms with Gasteiger partial charge in [0.05, 0.1) is 37.1 Å². The van der Waals surface area contributed by atoms with Gasteiger partial charge in [0.2, 0.25) is 5.91 Å². The van der Waals surface area contributed by atoms with Crippen LogP contribution < -0.4 is 4.90 Å². The van der Waals surface area contributed by atoms with Gasteiger partial charge in [-0.05, 0) is 83.1 Å². The summed E-state index contributed by atoms with van der Waals surface area (Å²) < 4.78 is 6.24. The third-order valence-electron chi connectivity index (χ3n) is 7.06. The van der Waals surface area contributed by atoms with Crippen molar-refractivity contribution in [3.05, 3.63) is 97.0 Å². The fraction of sp³-hybridized carbons (Fsp3) is 0.276. The first kappa shape index (κ1) is 28.0. The van der Waals surface area contributed by atoms with E-state index < -0.39 is 23.9 Å². The second-order valence-corrected chi connectivity index (χ2v) is 11.6. The first-order chi connectivity index (χ1) is 18.7. The van der Waals surface area contributed by atoms with Crippen molar-refractivity contribution in [2.45, 2.75) is 19.0 Å². The molecule has 5 rings (SSSR count). The molecule has 0 saturated carbocycles. The van der Waals surface area contributed by atoms with Crippen LogP contribution in [0.5, 0.6) is 0 Å². The Bertz CT molecular complexity index is 1390. The fourth-order valence-corrected chi connectivity index (χ4v) is 5.76. The van der Waals surface area contributed by atoms with Crippen molar-refractivity contribution >= 4 is 69.2 Å². The highest BCUT2D eigenvalue weighted by molar-refractivity contribution is 14.1. The van der Waals surface area contributed by atoms with Gasteiger partial charge >= 0.3 is 0 Å². The SMILES string of the molecule is C[C@H](c1ccc(Cl)cc1)N1C(=O)c2cc(I)ccc2N(C(=O)CN2CCOCC2)C(=O)[C@@H]1c1ccc(Cl)cc1. The maximum absolute atomic E-state index is 14.5. The molecule has 10 heteroatoms. The zero-order chi connectivity index (χ0) is 27.7. The Hall–Kier alpha value is -2.50. The van der Waals surface area contributed by atoms with Gasteiger partial charge in [0.25, 0.3) is 11.8 Å². The van der Waals surface area contributed by atoms with Crippen molar-refractivity contribution in [2.75, 3.05) is 37.7 Å². The highest BCUT2D eigenvalue weighted by Gasteiger charge is 2.45. The molecule has 0 aromatic heterocycles. The first-order valence-electron chi connectivity index (χ1n) is 12.5. The van der Waals surface area contributed by atoms with Gasteiger partial charge in [-0.1, -0.05) is 47.5 Å². The van der Waals surface area contributed by atoms with Gasteiger partial charge in [0.1, 0.15) is 6.04 Å². The molecule has 2 heterocycles. The maximum Gasteiger partial charge on any atom is 0.261 e. The van der Waals surface area contributed by atoms with Crippen LogP contribution in [0.3, 0.4) is 0 Å². The Kier molecular flexibility index (Phi) is 8.58. The predicted molar refractivity (Wildman–Crippen MR) is 159 cm³/mol. The molecule has 0 aliphatic carbocycles. The van der Waals surface area contributed by atoms with Crippen LogP contribution in [0.15, 0.2) is 66.7 Å². The van der Waals surface area contributed by atoms with Crippen LogP contribution in [0.1, 0.15) is 40.5 Å². The van der Waals surface area contributed by atoms with Crippen molar-refractivity contribution in [1.82, 2.24) is 9.80 Å². The summed E-state index contributed by atoms with van der Waals surface area (Å²) >= 11 is 14.4. The summed E-state index contributed by atoms with van der Waals surface area (Å²) in [6, 6.07) is 17.6. The number of carbonyl (C=O) groups excluding carboxylic acids is 3. The molecule has 1 fully saturated rings. The summed E-state index contributed by atoms with van der Waals surface area (Å²) in [6.45, 7) is 4.13. The van der Waals surface area contributed by atoms with Crippen molar-refractivity contribution in [2.24, 2.45) is 0 Å². The monoisotopic (exact) mass is 677 g/mol. The molecule has 0 unspecified atom stereocenters. The fourth-order valence-electron chi connectivity index (χ4n) is 5.02. The van der Waals surface area contributed by atoms with Gasteiger partial charge in [0.15, 0.2) is 0 Å². The second-order valence-electron chi connectivity index (χ2n) is 9.51. The number of ether oxygens (including phenoxy) is 1. The van der Waals surface area contributed by atoms with Crippen molar-refractivity contribution < 1.29 is 19.1 Å². The largest absolute Gasteiger partial charge is 0.379 e. The topological polar surface area (TPSA) is 70.2 Å². The summed E-state index contributed by atoms with van der Waals surface area (Å²) in [5.41, 5.74) is 1.95. The van der Waals surface area contributed by atoms with E-state index in [1.165, 1.54) is 4.90 Å². The number of hydrogen-bond acceptors (Lipinski definition) is 5. The molecule has 3 aromatic carbocycles. The zero-order valence-electron chi connectivity index (χ0n) is 21.1. The zero-order valence-corrected chi connectivity index (χ0v) is 24.8. The molecule has 2 aliphatic heterocycles. The Morgan fingerprint density at radius 1 is 0.974 bits per heavy atom. The lowest BCUT2D eigenvalue weighted by atomic mass is 9.98. The molecule has 3 aromatic rings. The summed E-state index contributed by atoms with van der Waals surface area (Å²) in [5.74, 6) is -1.23. The second kappa shape index (κ2) is 11.9. The van der Waals surface area contributed by atoms with Crippen LogP contribution >= 0.6 is 45.8 Å². The number of morpholine rings is 1. The van der Waals surface area contributed by atoms with E-state index in [4.69, 9.17) is 27.9 Å². The summed E-state index contributed by atoms with van der Waals surface area (Å²) in [5, 5.41) is 1.07. The lowest BCUT2D eigenvalue weighted by Gasteiger charge is -2.36. The smallest absolute Gasteiger partial charge is 0.261 e. The number of halogens is 3. The van der Waals surface area contributed by atoms with Crippen LogP contribution in [0.4, 0.5) is 5.69 Å². The molecular formula is C29H26Cl2IN3O4. The third-order valence-corrected chi connectivity index (χ3v) is 8.24. The molecule has 39 heavy (non-hydrogen) atoms. The standard InChI is InChI=1S/C29H26Cl2IN3O4/c1-18(19-2-6-21(30)7-3-19)34-27(20-4-8-22(31)9-5-20)29(38)35(26(36)17-33-12-14-39-15-13-33)25-11-10-23(32)16-24(25)28(34)37/h2-11,16,18,27H,12-15,17H2,1H3/t18-,27+/m1/s1. The molecule has 0 bridgehead atoms. The lowest BCUT2D eigenvalue weighted by molar-refractivity contribution is -0.130.